The molecule has 2 unspecified atom stereocenters. The number of hydrogen-bond donors (Lipinski definition) is 6. The van der Waals surface area contributed by atoms with Gasteiger partial charge in [-0.15, -0.1) is 0 Å². The molecule has 1 rings (SSSR count). The first-order valence-electron chi connectivity index (χ1n) is 11.6. The van der Waals surface area contributed by atoms with Gasteiger partial charge in [0, 0.05) is 12.1 Å². The second-order valence-electron chi connectivity index (χ2n) is 8.44. The van der Waals surface area contributed by atoms with Gasteiger partial charge in [0.1, 0.15) is 5.75 Å². The molecule has 0 saturated carbocycles. The van der Waals surface area contributed by atoms with E-state index in [2.05, 4.69) is 28.8 Å². The summed E-state index contributed by atoms with van der Waals surface area (Å²) in [6.07, 6.45) is 5.65. The Labute approximate surface area is 183 Å². The van der Waals surface area contributed by atoms with Crippen molar-refractivity contribution in [1.82, 2.24) is 10.6 Å². The van der Waals surface area contributed by atoms with Crippen LogP contribution < -0.4 is 38.3 Å². The minimum atomic E-state index is 0.109. The van der Waals surface area contributed by atoms with Gasteiger partial charge in [0.05, 0.1) is 6.10 Å². The Balaban J connectivity index is 2.61. The van der Waals surface area contributed by atoms with Gasteiger partial charge < -0.3 is 38.3 Å². The first kappa shape index (κ1) is 26.8. The third-order valence-electron chi connectivity index (χ3n) is 4.89. The lowest BCUT2D eigenvalue weighted by molar-refractivity contribution is 0.242. The van der Waals surface area contributed by atoms with Gasteiger partial charge in [0.15, 0.2) is 0 Å². The smallest absolute Gasteiger partial charge is 0.120 e. The van der Waals surface area contributed by atoms with Gasteiger partial charge in [-0.3, -0.25) is 0 Å². The monoisotopic (exact) mass is 422 g/mol. The fourth-order valence-corrected chi connectivity index (χ4v) is 3.39. The van der Waals surface area contributed by atoms with E-state index in [4.69, 9.17) is 27.7 Å². The Morgan fingerprint density at radius 3 is 1.63 bits per heavy atom. The number of nitrogens with one attached hydrogen (secondary N) is 2. The van der Waals surface area contributed by atoms with Gasteiger partial charge in [-0.2, -0.15) is 0 Å². The molecule has 0 heterocycles. The first-order chi connectivity index (χ1) is 14.4. The normalized spacial score (nSPS) is 13.6. The Bertz CT molecular complexity index is 514. The third-order valence-corrected chi connectivity index (χ3v) is 4.89. The van der Waals surface area contributed by atoms with Gasteiger partial charge in [-0.05, 0) is 115 Å². The summed E-state index contributed by atoms with van der Waals surface area (Å²) >= 11 is 0. The summed E-state index contributed by atoms with van der Waals surface area (Å²) < 4.78 is 5.98. The molecule has 0 aromatic heterocycles. The van der Waals surface area contributed by atoms with Crippen LogP contribution in [0, 0.1) is 0 Å². The number of ether oxygens (including phenoxy) is 1. The molecule has 0 saturated heterocycles. The van der Waals surface area contributed by atoms with Crippen LogP contribution >= 0.6 is 0 Å². The molecular weight excluding hydrogens is 376 g/mol. The molecule has 0 aliphatic carbocycles. The van der Waals surface area contributed by atoms with Crippen molar-refractivity contribution in [3.63, 3.8) is 0 Å². The SMILES string of the molecule is CC(C)Oc1cc(CC(N)CCNCCCN)cc(CC(N)CCNCCCN)c1. The van der Waals surface area contributed by atoms with Crippen molar-refractivity contribution in [2.45, 2.75) is 70.6 Å². The fourth-order valence-electron chi connectivity index (χ4n) is 3.39. The summed E-state index contributed by atoms with van der Waals surface area (Å²) in [6, 6.07) is 6.68. The maximum absolute atomic E-state index is 6.38. The molecule has 0 aliphatic heterocycles. The molecule has 30 heavy (non-hydrogen) atoms. The van der Waals surface area contributed by atoms with Crippen LogP contribution in [0.5, 0.6) is 5.75 Å². The zero-order chi connectivity index (χ0) is 22.2. The average Bonchev–Trinajstić information content (AvgIpc) is 2.67. The van der Waals surface area contributed by atoms with Crippen LogP contribution in [0.15, 0.2) is 18.2 Å². The summed E-state index contributed by atoms with van der Waals surface area (Å²) in [5.74, 6) is 0.902. The number of rotatable bonds is 18. The molecule has 7 nitrogen and oxygen atoms in total. The predicted molar refractivity (Wildman–Crippen MR) is 128 cm³/mol. The van der Waals surface area contributed by atoms with E-state index in [-0.39, 0.29) is 18.2 Å². The van der Waals surface area contributed by atoms with Crippen molar-refractivity contribution < 1.29 is 4.74 Å². The van der Waals surface area contributed by atoms with Crippen LogP contribution in [0.4, 0.5) is 0 Å². The van der Waals surface area contributed by atoms with E-state index in [1.54, 1.807) is 0 Å². The Kier molecular flexibility index (Phi) is 14.7. The highest BCUT2D eigenvalue weighted by Crippen LogP contribution is 2.21. The summed E-state index contributed by atoms with van der Waals surface area (Å²) in [6.45, 7) is 9.25. The Hall–Kier alpha value is -1.22. The van der Waals surface area contributed by atoms with Crippen molar-refractivity contribution in [2.24, 2.45) is 22.9 Å². The second kappa shape index (κ2) is 16.5. The van der Waals surface area contributed by atoms with E-state index in [0.29, 0.717) is 0 Å². The van der Waals surface area contributed by atoms with E-state index in [1.807, 2.05) is 13.8 Å². The maximum Gasteiger partial charge on any atom is 0.120 e. The van der Waals surface area contributed by atoms with Crippen LogP contribution in [0.3, 0.4) is 0 Å². The second-order valence-corrected chi connectivity index (χ2v) is 8.44. The van der Waals surface area contributed by atoms with Gasteiger partial charge >= 0.3 is 0 Å². The summed E-state index contributed by atoms with van der Waals surface area (Å²) in [5.41, 5.74) is 26.2. The van der Waals surface area contributed by atoms with Gasteiger partial charge in [-0.25, -0.2) is 0 Å². The lowest BCUT2D eigenvalue weighted by atomic mass is 9.97. The number of nitrogens with two attached hydrogens (primary N) is 4. The van der Waals surface area contributed by atoms with E-state index < -0.39 is 0 Å². The van der Waals surface area contributed by atoms with Crippen LogP contribution in [0.1, 0.15) is 50.7 Å². The van der Waals surface area contributed by atoms with E-state index >= 15 is 0 Å². The van der Waals surface area contributed by atoms with Crippen LogP contribution in [0.2, 0.25) is 0 Å². The topological polar surface area (TPSA) is 137 Å². The molecule has 2 atom stereocenters. The Morgan fingerprint density at radius 2 is 1.23 bits per heavy atom. The largest absolute Gasteiger partial charge is 0.491 e. The zero-order valence-electron chi connectivity index (χ0n) is 19.2. The molecule has 0 fully saturated rings. The van der Waals surface area contributed by atoms with Crippen LogP contribution in [-0.4, -0.2) is 57.5 Å². The number of hydrogen-bond acceptors (Lipinski definition) is 7. The molecule has 0 spiro atoms. The van der Waals surface area contributed by atoms with Crippen molar-refractivity contribution in [2.75, 3.05) is 39.3 Å². The number of benzene rings is 1. The minimum absolute atomic E-state index is 0.109. The van der Waals surface area contributed by atoms with Crippen LogP contribution in [0.25, 0.3) is 0 Å². The van der Waals surface area contributed by atoms with Gasteiger partial charge in [0.25, 0.3) is 0 Å². The molecule has 7 heteroatoms. The third kappa shape index (κ3) is 13.2. The molecule has 0 amide bonds. The van der Waals surface area contributed by atoms with Crippen molar-refractivity contribution in [3.8, 4) is 5.75 Å². The zero-order valence-corrected chi connectivity index (χ0v) is 19.2. The quantitative estimate of drug-likeness (QED) is 0.193. The average molecular weight is 423 g/mol. The highest BCUT2D eigenvalue weighted by Gasteiger charge is 2.11. The van der Waals surface area contributed by atoms with Crippen LogP contribution in [-0.2, 0) is 12.8 Å². The lowest BCUT2D eigenvalue weighted by Gasteiger charge is -2.18. The van der Waals surface area contributed by atoms with Crippen molar-refractivity contribution >= 4 is 0 Å². The molecule has 1 aromatic rings. The first-order valence-corrected chi connectivity index (χ1v) is 11.6. The molecule has 10 N–H and O–H groups in total. The minimum Gasteiger partial charge on any atom is -0.491 e. The van der Waals surface area contributed by atoms with E-state index in [9.17, 15) is 0 Å². The van der Waals surface area contributed by atoms with E-state index in [1.165, 1.54) is 11.1 Å². The molecule has 0 radical (unpaired) electrons. The molecule has 1 aromatic carbocycles. The molecule has 0 aliphatic rings. The summed E-state index contributed by atoms with van der Waals surface area (Å²) in [7, 11) is 0. The highest BCUT2D eigenvalue weighted by atomic mass is 16.5. The Morgan fingerprint density at radius 1 is 0.767 bits per heavy atom. The highest BCUT2D eigenvalue weighted by molar-refractivity contribution is 5.35. The molecule has 0 bridgehead atoms. The predicted octanol–water partition coefficient (Wildman–Crippen LogP) is 0.870. The fraction of sp³-hybridized carbons (Fsp3) is 0.739. The summed E-state index contributed by atoms with van der Waals surface area (Å²) in [4.78, 5) is 0. The lowest BCUT2D eigenvalue weighted by Crippen LogP contribution is -2.30. The maximum atomic E-state index is 6.38. The van der Waals surface area contributed by atoms with Gasteiger partial charge in [-0.1, -0.05) is 6.07 Å². The standard InChI is InChI=1S/C23H46N6O/c1-18(2)30-23-16-19(14-21(26)5-11-28-9-3-7-24)13-20(17-23)15-22(27)6-12-29-10-4-8-25/h13,16-18,21-22,28-29H,3-12,14-15,24-27H2,1-2H3. The van der Waals surface area contributed by atoms with Crippen molar-refractivity contribution in [1.29, 1.82) is 0 Å². The molecule has 174 valence electrons. The summed E-state index contributed by atoms with van der Waals surface area (Å²) in [5, 5.41) is 6.79. The van der Waals surface area contributed by atoms with E-state index in [0.717, 1.165) is 83.5 Å². The van der Waals surface area contributed by atoms with Crippen molar-refractivity contribution in [3.05, 3.63) is 29.3 Å². The molecular formula is C23H46N6O. The van der Waals surface area contributed by atoms with Gasteiger partial charge in [0.2, 0.25) is 0 Å².